The first-order chi connectivity index (χ1) is 8.18. The minimum atomic E-state index is -3.05. The first-order valence-electron chi connectivity index (χ1n) is 6.24. The van der Waals surface area contributed by atoms with Crippen LogP contribution in [0.3, 0.4) is 0 Å². The summed E-state index contributed by atoms with van der Waals surface area (Å²) >= 11 is 0. The second-order valence-electron chi connectivity index (χ2n) is 4.93. The highest BCUT2D eigenvalue weighted by Gasteiger charge is 2.37. The van der Waals surface area contributed by atoms with E-state index in [1.807, 2.05) is 18.2 Å². The van der Waals surface area contributed by atoms with Gasteiger partial charge in [-0.3, -0.25) is 4.90 Å². The summed E-state index contributed by atoms with van der Waals surface area (Å²) in [7, 11) is -3.05. The van der Waals surface area contributed by atoms with E-state index in [9.17, 15) is 8.42 Å². The maximum Gasteiger partial charge on any atom is 0.180 e. The lowest BCUT2D eigenvalue weighted by molar-refractivity contribution is 0.178. The monoisotopic (exact) mass is 251 g/mol. The molecule has 17 heavy (non-hydrogen) atoms. The third kappa shape index (κ3) is 1.89. The highest BCUT2D eigenvalue weighted by Crippen LogP contribution is 2.37. The van der Waals surface area contributed by atoms with Crippen molar-refractivity contribution in [2.24, 2.45) is 0 Å². The van der Waals surface area contributed by atoms with Gasteiger partial charge >= 0.3 is 0 Å². The van der Waals surface area contributed by atoms with Crippen LogP contribution in [0.2, 0.25) is 0 Å². The molecule has 0 spiro atoms. The molecule has 0 saturated carbocycles. The van der Waals surface area contributed by atoms with E-state index in [1.165, 1.54) is 19.3 Å². The van der Waals surface area contributed by atoms with E-state index in [4.69, 9.17) is 0 Å². The van der Waals surface area contributed by atoms with Crippen molar-refractivity contribution in [3.63, 3.8) is 0 Å². The molecule has 0 amide bonds. The van der Waals surface area contributed by atoms with Crippen molar-refractivity contribution >= 4 is 9.84 Å². The Hall–Kier alpha value is -0.870. The molecule has 1 fully saturated rings. The Kier molecular flexibility index (Phi) is 2.71. The zero-order valence-electron chi connectivity index (χ0n) is 9.80. The second-order valence-corrected chi connectivity index (χ2v) is 6.93. The van der Waals surface area contributed by atoms with Gasteiger partial charge in [0.25, 0.3) is 0 Å². The molecule has 0 unspecified atom stereocenters. The van der Waals surface area contributed by atoms with Crippen LogP contribution in [-0.2, 0) is 9.84 Å². The molecule has 0 aromatic heterocycles. The number of piperidine rings is 1. The lowest BCUT2D eigenvalue weighted by Gasteiger charge is -2.31. The second kappa shape index (κ2) is 4.10. The maximum atomic E-state index is 12.1. The standard InChI is InChI=1S/C13H17NO2S/c15-17(16)10-12(14-8-4-1-5-9-14)11-6-2-3-7-13(11)17/h2-3,6-7,12H,1,4-5,8-10H2/t12-/m0/s1. The van der Waals surface area contributed by atoms with Crippen molar-refractivity contribution in [3.05, 3.63) is 29.8 Å². The summed E-state index contributed by atoms with van der Waals surface area (Å²) in [4.78, 5) is 2.89. The van der Waals surface area contributed by atoms with E-state index in [0.29, 0.717) is 4.90 Å². The fourth-order valence-corrected chi connectivity index (χ4v) is 4.79. The predicted molar refractivity (Wildman–Crippen MR) is 66.7 cm³/mol. The average molecular weight is 251 g/mol. The van der Waals surface area contributed by atoms with E-state index in [0.717, 1.165) is 18.7 Å². The van der Waals surface area contributed by atoms with Crippen LogP contribution in [0.1, 0.15) is 30.9 Å². The summed E-state index contributed by atoms with van der Waals surface area (Å²) in [5.41, 5.74) is 1.01. The summed E-state index contributed by atoms with van der Waals surface area (Å²) < 4.78 is 24.2. The van der Waals surface area contributed by atoms with Crippen molar-refractivity contribution in [1.82, 2.24) is 4.90 Å². The van der Waals surface area contributed by atoms with E-state index in [1.54, 1.807) is 6.07 Å². The van der Waals surface area contributed by atoms with Crippen LogP contribution >= 0.6 is 0 Å². The molecule has 92 valence electrons. The highest BCUT2D eigenvalue weighted by atomic mass is 32.2. The van der Waals surface area contributed by atoms with Crippen LogP contribution in [0, 0.1) is 0 Å². The summed E-state index contributed by atoms with van der Waals surface area (Å²) in [6.07, 6.45) is 3.66. The van der Waals surface area contributed by atoms with Crippen LogP contribution in [-0.4, -0.2) is 32.2 Å². The molecule has 3 rings (SSSR count). The van der Waals surface area contributed by atoms with Gasteiger partial charge in [-0.15, -0.1) is 0 Å². The van der Waals surface area contributed by atoms with Crippen molar-refractivity contribution in [3.8, 4) is 0 Å². The SMILES string of the molecule is O=S1(=O)C[C@H](N2CCCCC2)c2ccccc21. The van der Waals surface area contributed by atoms with Gasteiger partial charge in [-0.1, -0.05) is 24.6 Å². The number of hydrogen-bond acceptors (Lipinski definition) is 3. The van der Waals surface area contributed by atoms with Gasteiger partial charge in [0.05, 0.1) is 16.7 Å². The van der Waals surface area contributed by atoms with Crippen molar-refractivity contribution < 1.29 is 8.42 Å². The molecule has 0 radical (unpaired) electrons. The molecule has 1 aromatic carbocycles. The number of benzene rings is 1. The molecule has 0 bridgehead atoms. The topological polar surface area (TPSA) is 37.4 Å². The molecule has 1 aromatic rings. The van der Waals surface area contributed by atoms with E-state index >= 15 is 0 Å². The summed E-state index contributed by atoms with van der Waals surface area (Å²) in [6, 6.07) is 7.57. The summed E-state index contributed by atoms with van der Waals surface area (Å²) in [5.74, 6) is 0.270. The third-order valence-corrected chi connectivity index (χ3v) is 5.62. The van der Waals surface area contributed by atoms with Crippen molar-refractivity contribution in [2.45, 2.75) is 30.2 Å². The molecule has 4 heteroatoms. The molecule has 0 N–H and O–H groups in total. The van der Waals surface area contributed by atoms with E-state index < -0.39 is 9.84 Å². The number of hydrogen-bond donors (Lipinski definition) is 0. The van der Waals surface area contributed by atoms with Gasteiger partial charge in [-0.25, -0.2) is 8.42 Å². The fourth-order valence-electron chi connectivity index (χ4n) is 2.96. The molecule has 2 aliphatic rings. The van der Waals surface area contributed by atoms with Gasteiger partial charge in [0, 0.05) is 0 Å². The Morgan fingerprint density at radius 2 is 1.76 bits per heavy atom. The minimum absolute atomic E-state index is 0.0940. The molecular formula is C13H17NO2S. The van der Waals surface area contributed by atoms with Crippen LogP contribution in [0.15, 0.2) is 29.2 Å². The molecule has 0 aliphatic carbocycles. The highest BCUT2D eigenvalue weighted by molar-refractivity contribution is 7.91. The number of nitrogens with zero attached hydrogens (tertiary/aromatic N) is 1. The Balaban J connectivity index is 1.99. The van der Waals surface area contributed by atoms with Gasteiger partial charge in [0.2, 0.25) is 0 Å². The van der Waals surface area contributed by atoms with Crippen LogP contribution in [0.5, 0.6) is 0 Å². The van der Waals surface area contributed by atoms with Crippen LogP contribution < -0.4 is 0 Å². The van der Waals surface area contributed by atoms with Crippen molar-refractivity contribution in [1.29, 1.82) is 0 Å². The van der Waals surface area contributed by atoms with Crippen LogP contribution in [0.25, 0.3) is 0 Å². The third-order valence-electron chi connectivity index (χ3n) is 3.82. The Morgan fingerprint density at radius 1 is 1.06 bits per heavy atom. The molecular weight excluding hydrogens is 234 g/mol. The smallest absolute Gasteiger partial charge is 0.180 e. The van der Waals surface area contributed by atoms with Gasteiger partial charge in [-0.2, -0.15) is 0 Å². The molecule has 1 saturated heterocycles. The number of sulfone groups is 1. The minimum Gasteiger partial charge on any atom is -0.295 e. The first-order valence-corrected chi connectivity index (χ1v) is 7.89. The first kappa shape index (κ1) is 11.2. The van der Waals surface area contributed by atoms with Gasteiger partial charge in [-0.05, 0) is 37.6 Å². The number of fused-ring (bicyclic) bond motifs is 1. The predicted octanol–water partition coefficient (Wildman–Crippen LogP) is 2.00. The largest absolute Gasteiger partial charge is 0.295 e. The van der Waals surface area contributed by atoms with E-state index in [2.05, 4.69) is 4.90 Å². The van der Waals surface area contributed by atoms with Crippen molar-refractivity contribution in [2.75, 3.05) is 18.8 Å². The molecule has 3 nitrogen and oxygen atoms in total. The van der Waals surface area contributed by atoms with Gasteiger partial charge in [0.15, 0.2) is 9.84 Å². The zero-order chi connectivity index (χ0) is 11.9. The van der Waals surface area contributed by atoms with Gasteiger partial charge < -0.3 is 0 Å². The average Bonchev–Trinajstić information content (AvgIpc) is 2.64. The Bertz CT molecular complexity index is 518. The number of rotatable bonds is 1. The molecule has 2 aliphatic heterocycles. The molecule has 2 heterocycles. The Morgan fingerprint density at radius 3 is 2.53 bits per heavy atom. The summed E-state index contributed by atoms with van der Waals surface area (Å²) in [6.45, 7) is 2.07. The number of likely N-dealkylation sites (tertiary alicyclic amines) is 1. The zero-order valence-corrected chi connectivity index (χ0v) is 10.6. The Labute approximate surface area is 102 Å². The lowest BCUT2D eigenvalue weighted by Crippen LogP contribution is -2.34. The van der Waals surface area contributed by atoms with E-state index in [-0.39, 0.29) is 11.8 Å². The maximum absolute atomic E-state index is 12.1. The normalized spacial score (nSPS) is 27.9. The van der Waals surface area contributed by atoms with Gasteiger partial charge in [0.1, 0.15) is 0 Å². The fraction of sp³-hybridized carbons (Fsp3) is 0.538. The summed E-state index contributed by atoms with van der Waals surface area (Å²) in [5, 5.41) is 0. The van der Waals surface area contributed by atoms with Crippen LogP contribution in [0.4, 0.5) is 0 Å². The quantitative estimate of drug-likeness (QED) is 0.766. The lowest BCUT2D eigenvalue weighted by atomic mass is 10.0. The molecule has 1 atom stereocenters.